The summed E-state index contributed by atoms with van der Waals surface area (Å²) in [4.78, 5) is 20.4. The average Bonchev–Trinajstić information content (AvgIpc) is 2.59. The second kappa shape index (κ2) is 7.51. The predicted octanol–water partition coefficient (Wildman–Crippen LogP) is 1.03. The lowest BCUT2D eigenvalue weighted by atomic mass is 9.93. The summed E-state index contributed by atoms with van der Waals surface area (Å²) in [6, 6.07) is 6.51. The molecule has 0 unspecified atom stereocenters. The third kappa shape index (κ3) is 4.37. The lowest BCUT2D eigenvalue weighted by molar-refractivity contribution is -0.128. The van der Waals surface area contributed by atoms with Crippen molar-refractivity contribution in [2.75, 3.05) is 44.7 Å². The van der Waals surface area contributed by atoms with E-state index in [1.807, 2.05) is 18.7 Å². The second-order valence-corrected chi connectivity index (χ2v) is 6.59. The molecular weight excluding hydrogens is 309 g/mol. The van der Waals surface area contributed by atoms with E-state index in [1.54, 1.807) is 19.2 Å². The van der Waals surface area contributed by atoms with Crippen LogP contribution in [-0.4, -0.2) is 56.5 Å². The fraction of sp³-hybridized carbons (Fsp3) is 0.529. The second-order valence-electron chi connectivity index (χ2n) is 6.59. The predicted molar refractivity (Wildman–Crippen MR) is 94.5 cm³/mol. The maximum Gasteiger partial charge on any atom is 0.227 e. The van der Waals surface area contributed by atoms with Gasteiger partial charge in [-0.25, -0.2) is 4.39 Å². The first-order valence-electron chi connectivity index (χ1n) is 8.11. The highest BCUT2D eigenvalue weighted by atomic mass is 19.1. The molecule has 2 rings (SSSR count). The first-order valence-corrected chi connectivity index (χ1v) is 8.11. The van der Waals surface area contributed by atoms with Gasteiger partial charge in [0.15, 0.2) is 5.96 Å². The van der Waals surface area contributed by atoms with Gasteiger partial charge in [0.25, 0.3) is 0 Å². The number of aliphatic imine (C=N–C) groups is 1. The molecule has 1 aliphatic rings. The summed E-state index contributed by atoms with van der Waals surface area (Å²) in [6.45, 7) is 7.10. The lowest BCUT2D eigenvalue weighted by Crippen LogP contribution is -2.51. The van der Waals surface area contributed by atoms with Crippen molar-refractivity contribution in [2.45, 2.75) is 13.8 Å². The van der Waals surface area contributed by atoms with Crippen molar-refractivity contribution < 1.29 is 9.18 Å². The molecule has 0 saturated carbocycles. The van der Waals surface area contributed by atoms with Crippen LogP contribution in [0.25, 0.3) is 0 Å². The highest BCUT2D eigenvalue weighted by Crippen LogP contribution is 2.18. The van der Waals surface area contributed by atoms with Gasteiger partial charge in [-0.15, -0.1) is 0 Å². The number of hydrogen-bond donors (Lipinski definition) is 2. The van der Waals surface area contributed by atoms with Crippen molar-refractivity contribution in [3.63, 3.8) is 0 Å². The maximum absolute atomic E-state index is 13.0. The Morgan fingerprint density at radius 1 is 1.25 bits per heavy atom. The fourth-order valence-corrected chi connectivity index (χ4v) is 2.63. The molecule has 7 heteroatoms. The van der Waals surface area contributed by atoms with Crippen LogP contribution in [0.2, 0.25) is 0 Å². The van der Waals surface area contributed by atoms with E-state index in [0.717, 1.165) is 31.9 Å². The molecule has 0 aliphatic carbocycles. The molecule has 1 saturated heterocycles. The molecule has 1 aromatic rings. The van der Waals surface area contributed by atoms with Gasteiger partial charge in [0, 0.05) is 38.9 Å². The van der Waals surface area contributed by atoms with Crippen LogP contribution in [0.3, 0.4) is 0 Å². The molecule has 0 spiro atoms. The number of anilines is 1. The molecule has 1 aromatic carbocycles. The Labute approximate surface area is 142 Å². The lowest BCUT2D eigenvalue weighted by Gasteiger charge is -2.36. The molecule has 3 N–H and O–H groups in total. The molecule has 1 heterocycles. The van der Waals surface area contributed by atoms with E-state index in [9.17, 15) is 9.18 Å². The summed E-state index contributed by atoms with van der Waals surface area (Å²) in [5, 5.41) is 2.64. The van der Waals surface area contributed by atoms with Crippen LogP contribution in [-0.2, 0) is 4.79 Å². The standard InChI is InChI=1S/C17H26FN5O/c1-17(2,15(24)20-3)12-21-16(19)23-10-8-22(9-11-23)14-6-4-13(18)5-7-14/h4-7H,8-12H2,1-3H3,(H2,19,21)(H,20,24). The van der Waals surface area contributed by atoms with E-state index in [4.69, 9.17) is 5.73 Å². The third-order valence-corrected chi connectivity index (χ3v) is 4.27. The van der Waals surface area contributed by atoms with Crippen LogP contribution in [0.4, 0.5) is 10.1 Å². The van der Waals surface area contributed by atoms with Gasteiger partial charge < -0.3 is 20.9 Å². The van der Waals surface area contributed by atoms with Crippen molar-refractivity contribution >= 4 is 17.6 Å². The highest BCUT2D eigenvalue weighted by molar-refractivity contribution is 5.83. The minimum absolute atomic E-state index is 0.0554. The van der Waals surface area contributed by atoms with Crippen LogP contribution >= 0.6 is 0 Å². The minimum Gasteiger partial charge on any atom is -0.370 e. The van der Waals surface area contributed by atoms with Gasteiger partial charge >= 0.3 is 0 Å². The number of nitrogens with zero attached hydrogens (tertiary/aromatic N) is 3. The molecule has 0 aromatic heterocycles. The van der Waals surface area contributed by atoms with Gasteiger partial charge in [-0.2, -0.15) is 0 Å². The SMILES string of the molecule is CNC(=O)C(C)(C)CN=C(N)N1CCN(c2ccc(F)cc2)CC1. The van der Waals surface area contributed by atoms with Crippen molar-refractivity contribution in [2.24, 2.45) is 16.1 Å². The Kier molecular flexibility index (Phi) is 5.64. The van der Waals surface area contributed by atoms with E-state index in [-0.39, 0.29) is 11.7 Å². The normalized spacial score (nSPS) is 16.2. The molecule has 0 radical (unpaired) electrons. The number of carbonyl (C=O) groups excluding carboxylic acids is 1. The van der Waals surface area contributed by atoms with E-state index in [0.29, 0.717) is 12.5 Å². The van der Waals surface area contributed by atoms with Crippen molar-refractivity contribution in [3.8, 4) is 0 Å². The van der Waals surface area contributed by atoms with Crippen LogP contribution in [0.15, 0.2) is 29.3 Å². The van der Waals surface area contributed by atoms with Gasteiger partial charge in [-0.05, 0) is 38.1 Å². The van der Waals surface area contributed by atoms with E-state index < -0.39 is 5.41 Å². The average molecular weight is 335 g/mol. The van der Waals surface area contributed by atoms with Crippen LogP contribution in [0.5, 0.6) is 0 Å². The summed E-state index contributed by atoms with van der Waals surface area (Å²) in [6.07, 6.45) is 0. The zero-order valence-electron chi connectivity index (χ0n) is 14.6. The van der Waals surface area contributed by atoms with Gasteiger partial charge in [0.1, 0.15) is 5.82 Å². The van der Waals surface area contributed by atoms with Crippen LogP contribution in [0, 0.1) is 11.2 Å². The van der Waals surface area contributed by atoms with E-state index >= 15 is 0 Å². The van der Waals surface area contributed by atoms with Gasteiger partial charge in [0.05, 0.1) is 12.0 Å². The highest BCUT2D eigenvalue weighted by Gasteiger charge is 2.27. The summed E-state index contributed by atoms with van der Waals surface area (Å²) in [5.41, 5.74) is 6.50. The Hall–Kier alpha value is -2.31. The Morgan fingerprint density at radius 2 is 1.83 bits per heavy atom. The largest absolute Gasteiger partial charge is 0.370 e. The molecule has 6 nitrogen and oxygen atoms in total. The topological polar surface area (TPSA) is 74.0 Å². The summed E-state index contributed by atoms with van der Waals surface area (Å²) in [5.74, 6) is 0.179. The number of halogens is 1. The molecule has 1 fully saturated rings. The van der Waals surface area contributed by atoms with Crippen LogP contribution in [0.1, 0.15) is 13.8 Å². The van der Waals surface area contributed by atoms with Crippen LogP contribution < -0.4 is 16.0 Å². The quantitative estimate of drug-likeness (QED) is 0.637. The minimum atomic E-state index is -0.588. The molecule has 0 atom stereocenters. The Balaban J connectivity index is 1.90. The van der Waals surface area contributed by atoms with E-state index in [2.05, 4.69) is 15.2 Å². The molecule has 0 bridgehead atoms. The fourth-order valence-electron chi connectivity index (χ4n) is 2.63. The van der Waals surface area contributed by atoms with Crippen molar-refractivity contribution in [3.05, 3.63) is 30.1 Å². The molecular formula is C17H26FN5O. The number of hydrogen-bond acceptors (Lipinski definition) is 3. The number of nitrogens with one attached hydrogen (secondary N) is 1. The number of piperazine rings is 1. The first kappa shape index (κ1) is 18.0. The number of nitrogens with two attached hydrogens (primary N) is 1. The number of guanidine groups is 1. The Bertz CT molecular complexity index is 592. The molecule has 1 amide bonds. The Morgan fingerprint density at radius 3 is 2.38 bits per heavy atom. The number of amides is 1. The molecule has 132 valence electrons. The summed E-state index contributed by atoms with van der Waals surface area (Å²) < 4.78 is 13.0. The maximum atomic E-state index is 13.0. The molecule has 24 heavy (non-hydrogen) atoms. The van der Waals surface area contributed by atoms with Gasteiger partial charge in [-0.3, -0.25) is 9.79 Å². The monoisotopic (exact) mass is 335 g/mol. The zero-order chi connectivity index (χ0) is 17.7. The van der Waals surface area contributed by atoms with Crippen molar-refractivity contribution in [1.82, 2.24) is 10.2 Å². The number of benzene rings is 1. The van der Waals surface area contributed by atoms with Crippen molar-refractivity contribution in [1.29, 1.82) is 0 Å². The smallest absolute Gasteiger partial charge is 0.227 e. The van der Waals surface area contributed by atoms with E-state index in [1.165, 1.54) is 12.1 Å². The van der Waals surface area contributed by atoms with Gasteiger partial charge in [0.2, 0.25) is 5.91 Å². The molecule has 1 aliphatic heterocycles. The van der Waals surface area contributed by atoms with Gasteiger partial charge in [-0.1, -0.05) is 0 Å². The summed E-state index contributed by atoms with van der Waals surface area (Å²) in [7, 11) is 1.62. The first-order chi connectivity index (χ1) is 11.3. The summed E-state index contributed by atoms with van der Waals surface area (Å²) >= 11 is 0. The number of carbonyl (C=O) groups is 1. The third-order valence-electron chi connectivity index (χ3n) is 4.27. The zero-order valence-corrected chi connectivity index (χ0v) is 14.6. The number of rotatable bonds is 4.